The van der Waals surface area contributed by atoms with Crippen molar-refractivity contribution >= 4 is 0 Å². The second kappa shape index (κ2) is 4.43. The van der Waals surface area contributed by atoms with E-state index in [0.29, 0.717) is 0 Å². The Labute approximate surface area is 75.2 Å². The highest BCUT2D eigenvalue weighted by Gasteiger charge is 2.34. The van der Waals surface area contributed by atoms with Crippen molar-refractivity contribution in [3.05, 3.63) is 11.5 Å². The van der Waals surface area contributed by atoms with Crippen molar-refractivity contribution in [2.45, 2.75) is 12.3 Å². The number of hydrogen-bond donors (Lipinski definition) is 4. The third-order valence-electron chi connectivity index (χ3n) is 1.66. The summed E-state index contributed by atoms with van der Waals surface area (Å²) in [5.74, 6) is -0.182. The van der Waals surface area contributed by atoms with Crippen LogP contribution in [0.15, 0.2) is 11.5 Å². The van der Waals surface area contributed by atoms with Crippen LogP contribution in [0.4, 0.5) is 0 Å². The van der Waals surface area contributed by atoms with Crippen molar-refractivity contribution in [2.24, 2.45) is 5.73 Å². The Morgan fingerprint density at radius 2 is 2.15 bits per heavy atom. The molecule has 6 nitrogen and oxygen atoms in total. The topological polar surface area (TPSA) is 105 Å². The predicted molar refractivity (Wildman–Crippen MR) is 42.6 cm³/mol. The van der Waals surface area contributed by atoms with Crippen LogP contribution >= 0.6 is 0 Å². The summed E-state index contributed by atoms with van der Waals surface area (Å²) in [6.45, 7) is -0.520. The Bertz CT molecular complexity index is 205. The zero-order valence-electron chi connectivity index (χ0n) is 7.01. The standard InChI is InChI=1S/C7H13NO5/c8-7-6(12-2-1-9)5(11)4(3-10)13-7/h6-7,9-11H,1-3,8H2/t6?,7-/m1/s1. The number of hydrogen-bond acceptors (Lipinski definition) is 6. The van der Waals surface area contributed by atoms with Crippen LogP contribution in [-0.4, -0.2) is 47.5 Å². The Balaban J connectivity index is 2.57. The molecule has 76 valence electrons. The first-order chi connectivity index (χ1) is 6.20. The number of aliphatic hydroxyl groups excluding tert-OH is 3. The summed E-state index contributed by atoms with van der Waals surface area (Å²) < 4.78 is 9.87. The molecule has 0 saturated heterocycles. The van der Waals surface area contributed by atoms with E-state index < -0.39 is 18.9 Å². The monoisotopic (exact) mass is 191 g/mol. The quantitative estimate of drug-likeness (QED) is 0.428. The Kier molecular flexibility index (Phi) is 3.49. The lowest BCUT2D eigenvalue weighted by atomic mass is 10.3. The van der Waals surface area contributed by atoms with Gasteiger partial charge in [0.2, 0.25) is 0 Å². The van der Waals surface area contributed by atoms with Gasteiger partial charge in [-0.3, -0.25) is 5.73 Å². The van der Waals surface area contributed by atoms with E-state index in [4.69, 9.17) is 25.4 Å². The second-order valence-corrected chi connectivity index (χ2v) is 2.56. The van der Waals surface area contributed by atoms with E-state index >= 15 is 0 Å². The lowest BCUT2D eigenvalue weighted by molar-refractivity contribution is -0.0262. The summed E-state index contributed by atoms with van der Waals surface area (Å²) in [6, 6.07) is 0. The lowest BCUT2D eigenvalue weighted by Gasteiger charge is -2.14. The molecule has 0 aromatic heterocycles. The van der Waals surface area contributed by atoms with E-state index in [-0.39, 0.29) is 24.7 Å². The maximum absolute atomic E-state index is 9.35. The van der Waals surface area contributed by atoms with Gasteiger partial charge in [-0.1, -0.05) is 0 Å². The summed E-state index contributed by atoms with van der Waals surface area (Å²) >= 11 is 0. The summed E-state index contributed by atoms with van der Waals surface area (Å²) in [5.41, 5.74) is 5.43. The average Bonchev–Trinajstić information content (AvgIpc) is 2.39. The van der Waals surface area contributed by atoms with Gasteiger partial charge in [0.25, 0.3) is 0 Å². The zero-order chi connectivity index (χ0) is 9.84. The van der Waals surface area contributed by atoms with E-state index in [1.54, 1.807) is 0 Å². The van der Waals surface area contributed by atoms with Crippen molar-refractivity contribution in [2.75, 3.05) is 19.8 Å². The van der Waals surface area contributed by atoms with Gasteiger partial charge in [0.1, 0.15) is 6.61 Å². The second-order valence-electron chi connectivity index (χ2n) is 2.56. The van der Waals surface area contributed by atoms with Crippen molar-refractivity contribution in [1.29, 1.82) is 0 Å². The van der Waals surface area contributed by atoms with Crippen LogP contribution in [0.5, 0.6) is 0 Å². The van der Waals surface area contributed by atoms with Crippen LogP contribution in [-0.2, 0) is 9.47 Å². The number of ether oxygens (including phenoxy) is 2. The minimum absolute atomic E-state index is 0.0236. The van der Waals surface area contributed by atoms with Crippen LogP contribution in [0.3, 0.4) is 0 Å². The Hall–Kier alpha value is -0.820. The van der Waals surface area contributed by atoms with E-state index in [0.717, 1.165) is 0 Å². The fourth-order valence-corrected chi connectivity index (χ4v) is 1.07. The van der Waals surface area contributed by atoms with Gasteiger partial charge in [-0.2, -0.15) is 0 Å². The summed E-state index contributed by atoms with van der Waals surface area (Å²) in [7, 11) is 0. The molecule has 1 aliphatic rings. The van der Waals surface area contributed by atoms with Crippen molar-refractivity contribution in [3.8, 4) is 0 Å². The molecule has 0 aromatic carbocycles. The molecule has 2 atom stereocenters. The summed E-state index contributed by atoms with van der Waals surface area (Å²) in [6.07, 6.45) is -1.62. The molecule has 0 aromatic rings. The van der Waals surface area contributed by atoms with E-state index in [1.807, 2.05) is 0 Å². The zero-order valence-corrected chi connectivity index (χ0v) is 7.01. The van der Waals surface area contributed by atoms with Gasteiger partial charge in [0, 0.05) is 0 Å². The molecule has 13 heavy (non-hydrogen) atoms. The van der Waals surface area contributed by atoms with Gasteiger partial charge < -0.3 is 24.8 Å². The van der Waals surface area contributed by atoms with Gasteiger partial charge in [-0.05, 0) is 0 Å². The van der Waals surface area contributed by atoms with E-state index in [2.05, 4.69) is 0 Å². The minimum Gasteiger partial charge on any atom is -0.506 e. The normalized spacial score (nSPS) is 27.9. The molecule has 0 saturated carbocycles. The highest BCUT2D eigenvalue weighted by molar-refractivity contribution is 5.13. The minimum atomic E-state index is -0.825. The SMILES string of the molecule is N[C@@H]1OC(CO)=C(O)C1OCCO. The highest BCUT2D eigenvalue weighted by atomic mass is 16.6. The smallest absolute Gasteiger partial charge is 0.181 e. The van der Waals surface area contributed by atoms with E-state index in [9.17, 15) is 5.11 Å². The van der Waals surface area contributed by atoms with Gasteiger partial charge in [0.05, 0.1) is 13.2 Å². The molecule has 0 bridgehead atoms. The molecule has 0 radical (unpaired) electrons. The fourth-order valence-electron chi connectivity index (χ4n) is 1.07. The highest BCUT2D eigenvalue weighted by Crippen LogP contribution is 2.22. The first-order valence-electron chi connectivity index (χ1n) is 3.88. The van der Waals surface area contributed by atoms with Gasteiger partial charge >= 0.3 is 0 Å². The van der Waals surface area contributed by atoms with Gasteiger partial charge in [-0.25, -0.2) is 0 Å². The maximum atomic E-state index is 9.35. The van der Waals surface area contributed by atoms with Crippen molar-refractivity contribution < 1.29 is 24.8 Å². The molecule has 0 fully saturated rings. The molecule has 5 N–H and O–H groups in total. The lowest BCUT2D eigenvalue weighted by Crippen LogP contribution is -2.35. The van der Waals surface area contributed by atoms with Crippen LogP contribution < -0.4 is 5.73 Å². The molecule has 1 heterocycles. The van der Waals surface area contributed by atoms with Crippen LogP contribution in [0.1, 0.15) is 0 Å². The van der Waals surface area contributed by atoms with Crippen LogP contribution in [0.25, 0.3) is 0 Å². The largest absolute Gasteiger partial charge is 0.506 e. The summed E-state index contributed by atoms with van der Waals surface area (Å²) in [4.78, 5) is 0. The van der Waals surface area contributed by atoms with Gasteiger partial charge in [0.15, 0.2) is 23.9 Å². The van der Waals surface area contributed by atoms with Crippen molar-refractivity contribution in [3.63, 3.8) is 0 Å². The molecule has 0 aliphatic carbocycles. The average molecular weight is 191 g/mol. The Morgan fingerprint density at radius 1 is 1.46 bits per heavy atom. The number of rotatable bonds is 4. The number of nitrogens with two attached hydrogens (primary N) is 1. The predicted octanol–water partition coefficient (Wildman–Crippen LogP) is -1.56. The molecule has 0 spiro atoms. The van der Waals surface area contributed by atoms with Gasteiger partial charge in [-0.15, -0.1) is 0 Å². The summed E-state index contributed by atoms with van der Waals surface area (Å²) in [5, 5.41) is 26.5. The molecule has 1 unspecified atom stereocenters. The van der Waals surface area contributed by atoms with Crippen LogP contribution in [0, 0.1) is 0 Å². The van der Waals surface area contributed by atoms with E-state index in [1.165, 1.54) is 0 Å². The Morgan fingerprint density at radius 3 is 2.62 bits per heavy atom. The molecule has 0 amide bonds. The molecule has 1 aliphatic heterocycles. The third kappa shape index (κ3) is 2.10. The maximum Gasteiger partial charge on any atom is 0.181 e. The first kappa shape index (κ1) is 10.3. The number of aliphatic hydroxyl groups is 3. The third-order valence-corrected chi connectivity index (χ3v) is 1.66. The molecular weight excluding hydrogens is 178 g/mol. The van der Waals surface area contributed by atoms with Crippen molar-refractivity contribution in [1.82, 2.24) is 0 Å². The molecular formula is C7H13NO5. The first-order valence-corrected chi connectivity index (χ1v) is 3.88. The fraction of sp³-hybridized carbons (Fsp3) is 0.714. The molecule has 6 heteroatoms. The van der Waals surface area contributed by atoms with Crippen LogP contribution in [0.2, 0.25) is 0 Å². The molecule has 1 rings (SSSR count).